The molecule has 3 N–H and O–H groups in total. The van der Waals surface area contributed by atoms with E-state index in [1.54, 1.807) is 0 Å². The number of amidine groups is 1. The van der Waals surface area contributed by atoms with Gasteiger partial charge in [0.15, 0.2) is 0 Å². The van der Waals surface area contributed by atoms with Gasteiger partial charge in [0.2, 0.25) is 0 Å². The number of pyridine rings is 1. The van der Waals surface area contributed by atoms with Crippen LogP contribution < -0.4 is 5.73 Å². The molecule has 0 atom stereocenters. The fraction of sp³-hybridized carbons (Fsp3) is 0.500. The molecule has 0 saturated heterocycles. The van der Waals surface area contributed by atoms with Gasteiger partial charge in [-0.2, -0.15) is 0 Å². The van der Waals surface area contributed by atoms with Gasteiger partial charge in [0.1, 0.15) is 0 Å². The number of nitrogens with one attached hydrogen (secondary N) is 1. The summed E-state index contributed by atoms with van der Waals surface area (Å²) in [7, 11) is 0. The fourth-order valence-electron chi connectivity index (χ4n) is 1.82. The summed E-state index contributed by atoms with van der Waals surface area (Å²) in [4.78, 5) is 6.43. The maximum Gasteiger partial charge on any atom is 0.0918 e. The molecule has 0 aliphatic heterocycles. The molecule has 0 unspecified atom stereocenters. The van der Waals surface area contributed by atoms with E-state index < -0.39 is 0 Å². The van der Waals surface area contributed by atoms with Gasteiger partial charge >= 0.3 is 0 Å². The van der Waals surface area contributed by atoms with E-state index in [2.05, 4.69) is 9.88 Å². The summed E-state index contributed by atoms with van der Waals surface area (Å²) >= 11 is 0. The zero-order valence-electron chi connectivity index (χ0n) is 9.39. The number of rotatable bonds is 6. The van der Waals surface area contributed by atoms with Gasteiger partial charge in [-0.05, 0) is 30.5 Å². The SMILES string of the molecule is N=C(N)CCN(Cc1ccncc1)C1CC1. The smallest absolute Gasteiger partial charge is 0.0918 e. The van der Waals surface area contributed by atoms with Crippen LogP contribution in [-0.2, 0) is 6.54 Å². The molecule has 1 aromatic heterocycles. The van der Waals surface area contributed by atoms with Crippen molar-refractivity contribution in [1.82, 2.24) is 9.88 Å². The van der Waals surface area contributed by atoms with Crippen molar-refractivity contribution < 1.29 is 0 Å². The van der Waals surface area contributed by atoms with E-state index in [4.69, 9.17) is 11.1 Å². The minimum atomic E-state index is 0.278. The van der Waals surface area contributed by atoms with E-state index in [1.165, 1.54) is 18.4 Å². The van der Waals surface area contributed by atoms with E-state index in [-0.39, 0.29) is 5.84 Å². The number of hydrogen-bond donors (Lipinski definition) is 2. The predicted octanol–water partition coefficient (Wildman–Crippen LogP) is 1.37. The lowest BCUT2D eigenvalue weighted by Gasteiger charge is -2.21. The Labute approximate surface area is 96.0 Å². The highest BCUT2D eigenvalue weighted by Gasteiger charge is 2.28. The molecule has 1 heterocycles. The quantitative estimate of drug-likeness (QED) is 0.560. The van der Waals surface area contributed by atoms with Crippen molar-refractivity contribution in [2.75, 3.05) is 6.54 Å². The molecule has 4 heteroatoms. The summed E-state index contributed by atoms with van der Waals surface area (Å²) in [5.74, 6) is 0.278. The molecule has 0 spiro atoms. The monoisotopic (exact) mass is 218 g/mol. The third kappa shape index (κ3) is 3.31. The van der Waals surface area contributed by atoms with Crippen molar-refractivity contribution in [3.8, 4) is 0 Å². The second kappa shape index (κ2) is 5.07. The normalized spacial score (nSPS) is 15.3. The van der Waals surface area contributed by atoms with E-state index in [0.29, 0.717) is 12.5 Å². The van der Waals surface area contributed by atoms with Crippen molar-refractivity contribution >= 4 is 5.84 Å². The summed E-state index contributed by atoms with van der Waals surface area (Å²) in [5, 5.41) is 7.27. The van der Waals surface area contributed by atoms with Crippen molar-refractivity contribution in [2.45, 2.75) is 31.8 Å². The summed E-state index contributed by atoms with van der Waals surface area (Å²) in [6.45, 7) is 1.84. The Morgan fingerprint density at radius 2 is 2.12 bits per heavy atom. The molecule has 1 aliphatic carbocycles. The van der Waals surface area contributed by atoms with Gasteiger partial charge in [0.05, 0.1) is 5.84 Å². The van der Waals surface area contributed by atoms with Gasteiger partial charge in [-0.25, -0.2) is 0 Å². The van der Waals surface area contributed by atoms with Crippen molar-refractivity contribution in [3.05, 3.63) is 30.1 Å². The highest BCUT2D eigenvalue weighted by atomic mass is 15.2. The average molecular weight is 218 g/mol. The predicted molar refractivity (Wildman–Crippen MR) is 64.2 cm³/mol. The largest absolute Gasteiger partial charge is 0.388 e. The van der Waals surface area contributed by atoms with E-state index in [1.807, 2.05) is 24.5 Å². The Balaban J connectivity index is 1.90. The van der Waals surface area contributed by atoms with Crippen molar-refractivity contribution in [3.63, 3.8) is 0 Å². The Bertz CT molecular complexity index is 345. The summed E-state index contributed by atoms with van der Waals surface area (Å²) < 4.78 is 0. The molecule has 0 bridgehead atoms. The Morgan fingerprint density at radius 3 is 2.69 bits per heavy atom. The standard InChI is InChI=1S/C12H18N4/c13-12(14)5-8-16(11-1-2-11)9-10-3-6-15-7-4-10/h3-4,6-7,11H,1-2,5,8-9H2,(H3,13,14). The van der Waals surface area contributed by atoms with Gasteiger partial charge in [-0.3, -0.25) is 15.3 Å². The summed E-state index contributed by atoms with van der Waals surface area (Å²) in [5.41, 5.74) is 6.68. The van der Waals surface area contributed by atoms with Crippen LogP contribution in [0.2, 0.25) is 0 Å². The van der Waals surface area contributed by atoms with Crippen LogP contribution in [0.5, 0.6) is 0 Å². The van der Waals surface area contributed by atoms with Crippen LogP contribution in [0.4, 0.5) is 0 Å². The van der Waals surface area contributed by atoms with Crippen molar-refractivity contribution in [2.24, 2.45) is 5.73 Å². The number of aromatic nitrogens is 1. The Kier molecular flexibility index (Phi) is 3.51. The second-order valence-corrected chi connectivity index (χ2v) is 4.33. The first kappa shape index (κ1) is 11.1. The maximum atomic E-state index is 7.27. The van der Waals surface area contributed by atoms with Crippen LogP contribution in [0.25, 0.3) is 0 Å². The average Bonchev–Trinajstić information content (AvgIpc) is 3.09. The second-order valence-electron chi connectivity index (χ2n) is 4.33. The summed E-state index contributed by atoms with van der Waals surface area (Å²) in [6, 6.07) is 4.79. The minimum absolute atomic E-state index is 0.278. The molecule has 86 valence electrons. The molecule has 1 aliphatic rings. The molecule has 1 aromatic rings. The molecule has 1 saturated carbocycles. The third-order valence-corrected chi connectivity index (χ3v) is 2.87. The molecule has 0 amide bonds. The molecule has 0 aromatic carbocycles. The minimum Gasteiger partial charge on any atom is -0.388 e. The molecule has 4 nitrogen and oxygen atoms in total. The lowest BCUT2D eigenvalue weighted by molar-refractivity contribution is 0.262. The lowest BCUT2D eigenvalue weighted by Crippen LogP contribution is -2.29. The molecular formula is C12H18N4. The van der Waals surface area contributed by atoms with Crippen LogP contribution in [0, 0.1) is 5.41 Å². The highest BCUT2D eigenvalue weighted by Crippen LogP contribution is 2.28. The van der Waals surface area contributed by atoms with E-state index >= 15 is 0 Å². The van der Waals surface area contributed by atoms with Crippen LogP contribution in [0.1, 0.15) is 24.8 Å². The van der Waals surface area contributed by atoms with E-state index in [9.17, 15) is 0 Å². The van der Waals surface area contributed by atoms with Gasteiger partial charge in [0.25, 0.3) is 0 Å². The van der Waals surface area contributed by atoms with Gasteiger partial charge in [-0.15, -0.1) is 0 Å². The van der Waals surface area contributed by atoms with Crippen LogP contribution in [0.15, 0.2) is 24.5 Å². The third-order valence-electron chi connectivity index (χ3n) is 2.87. The number of nitrogens with zero attached hydrogens (tertiary/aromatic N) is 2. The fourth-order valence-corrected chi connectivity index (χ4v) is 1.82. The molecule has 1 fully saturated rings. The Morgan fingerprint density at radius 1 is 1.44 bits per heavy atom. The first-order chi connectivity index (χ1) is 7.75. The first-order valence-electron chi connectivity index (χ1n) is 5.71. The highest BCUT2D eigenvalue weighted by molar-refractivity contribution is 5.76. The first-order valence-corrected chi connectivity index (χ1v) is 5.71. The molecular weight excluding hydrogens is 200 g/mol. The lowest BCUT2D eigenvalue weighted by atomic mass is 10.2. The molecule has 2 rings (SSSR count). The number of nitrogens with two attached hydrogens (primary N) is 1. The van der Waals surface area contributed by atoms with Crippen LogP contribution in [0.3, 0.4) is 0 Å². The Hall–Kier alpha value is -1.42. The van der Waals surface area contributed by atoms with Crippen LogP contribution >= 0.6 is 0 Å². The van der Waals surface area contributed by atoms with Gasteiger partial charge < -0.3 is 5.73 Å². The van der Waals surface area contributed by atoms with Gasteiger partial charge in [0, 0.05) is 37.9 Å². The zero-order valence-corrected chi connectivity index (χ0v) is 9.39. The summed E-state index contributed by atoms with van der Waals surface area (Å²) in [6.07, 6.45) is 6.88. The van der Waals surface area contributed by atoms with Crippen LogP contribution in [-0.4, -0.2) is 28.3 Å². The van der Waals surface area contributed by atoms with Gasteiger partial charge in [-0.1, -0.05) is 0 Å². The molecule has 16 heavy (non-hydrogen) atoms. The molecule has 0 radical (unpaired) electrons. The maximum absolute atomic E-state index is 7.27. The van der Waals surface area contributed by atoms with E-state index in [0.717, 1.165) is 13.1 Å². The zero-order chi connectivity index (χ0) is 11.4. The topological polar surface area (TPSA) is 66.0 Å². The number of hydrogen-bond acceptors (Lipinski definition) is 3. The van der Waals surface area contributed by atoms with Crippen molar-refractivity contribution in [1.29, 1.82) is 5.41 Å².